The summed E-state index contributed by atoms with van der Waals surface area (Å²) in [5.74, 6) is -0.0897. The zero-order chi connectivity index (χ0) is 15.2. The lowest BCUT2D eigenvalue weighted by Crippen LogP contribution is -2.42. The zero-order valence-electron chi connectivity index (χ0n) is 12.0. The summed E-state index contributed by atoms with van der Waals surface area (Å²) in [6.45, 7) is 4.69. The Morgan fingerprint density at radius 1 is 1.33 bits per heavy atom. The van der Waals surface area contributed by atoms with Crippen molar-refractivity contribution in [3.8, 4) is 0 Å². The lowest BCUT2D eigenvalue weighted by atomic mass is 10.1. The molecule has 1 aliphatic rings. The lowest BCUT2D eigenvalue weighted by molar-refractivity contribution is -0.135. The molecule has 114 valence electrons. The third-order valence-corrected chi connectivity index (χ3v) is 4.36. The van der Waals surface area contributed by atoms with Crippen LogP contribution in [-0.2, 0) is 9.53 Å². The molecule has 0 atom stereocenters. The minimum Gasteiger partial charge on any atom is -0.378 e. The molecule has 0 saturated carbocycles. The number of morpholine rings is 1. The van der Waals surface area contributed by atoms with Crippen LogP contribution in [0.2, 0.25) is 0 Å². The van der Waals surface area contributed by atoms with Crippen molar-refractivity contribution in [1.29, 1.82) is 0 Å². The highest BCUT2D eigenvalue weighted by molar-refractivity contribution is 9.10. The Hall–Kier alpha value is -1.40. The fraction of sp³-hybridized carbons (Fsp3) is 0.467. The van der Waals surface area contributed by atoms with Crippen molar-refractivity contribution in [2.24, 2.45) is 0 Å². The third-order valence-electron chi connectivity index (χ3n) is 3.50. The number of hydrogen-bond donors (Lipinski definition) is 1. The predicted molar refractivity (Wildman–Crippen MR) is 83.2 cm³/mol. The van der Waals surface area contributed by atoms with Gasteiger partial charge in [-0.2, -0.15) is 0 Å². The maximum absolute atomic E-state index is 12.1. The molecule has 0 unspecified atom stereocenters. The van der Waals surface area contributed by atoms with Gasteiger partial charge in [-0.3, -0.25) is 9.59 Å². The van der Waals surface area contributed by atoms with Gasteiger partial charge >= 0.3 is 0 Å². The van der Waals surface area contributed by atoms with Crippen LogP contribution in [0.4, 0.5) is 0 Å². The van der Waals surface area contributed by atoms with Crippen LogP contribution < -0.4 is 5.32 Å². The van der Waals surface area contributed by atoms with Gasteiger partial charge < -0.3 is 15.0 Å². The van der Waals surface area contributed by atoms with E-state index in [1.54, 1.807) is 11.0 Å². The second-order valence-electron chi connectivity index (χ2n) is 4.91. The van der Waals surface area contributed by atoms with Crippen molar-refractivity contribution in [3.05, 3.63) is 33.8 Å². The Morgan fingerprint density at radius 2 is 2.05 bits per heavy atom. The molecule has 1 aliphatic heterocycles. The minimum absolute atomic E-state index is 0.0598. The van der Waals surface area contributed by atoms with E-state index in [-0.39, 0.29) is 11.8 Å². The molecule has 1 saturated heterocycles. The monoisotopic (exact) mass is 354 g/mol. The normalized spacial score (nSPS) is 14.9. The summed E-state index contributed by atoms with van der Waals surface area (Å²) in [5, 5.41) is 2.80. The topological polar surface area (TPSA) is 58.6 Å². The average Bonchev–Trinajstić information content (AvgIpc) is 2.50. The fourth-order valence-electron chi connectivity index (χ4n) is 2.20. The van der Waals surface area contributed by atoms with Crippen molar-refractivity contribution in [2.75, 3.05) is 32.8 Å². The first-order valence-corrected chi connectivity index (χ1v) is 7.77. The van der Waals surface area contributed by atoms with E-state index in [0.717, 1.165) is 10.0 Å². The van der Waals surface area contributed by atoms with Crippen molar-refractivity contribution in [1.82, 2.24) is 10.2 Å². The van der Waals surface area contributed by atoms with Gasteiger partial charge in [0.05, 0.1) is 13.2 Å². The van der Waals surface area contributed by atoms with Gasteiger partial charge in [-0.25, -0.2) is 0 Å². The molecule has 2 amide bonds. The van der Waals surface area contributed by atoms with Gasteiger partial charge in [0.2, 0.25) is 5.91 Å². The van der Waals surface area contributed by atoms with E-state index >= 15 is 0 Å². The number of rotatable bonds is 4. The molecule has 0 bridgehead atoms. The summed E-state index contributed by atoms with van der Waals surface area (Å²) in [6, 6.07) is 5.50. The summed E-state index contributed by atoms with van der Waals surface area (Å²) < 4.78 is 6.11. The molecule has 0 spiro atoms. The van der Waals surface area contributed by atoms with E-state index in [2.05, 4.69) is 21.2 Å². The van der Waals surface area contributed by atoms with Crippen LogP contribution in [0, 0.1) is 6.92 Å². The predicted octanol–water partition coefficient (Wildman–Crippen LogP) is 1.74. The highest BCUT2D eigenvalue weighted by Crippen LogP contribution is 2.19. The van der Waals surface area contributed by atoms with E-state index in [0.29, 0.717) is 44.8 Å². The Balaban J connectivity index is 1.81. The number of hydrogen-bond acceptors (Lipinski definition) is 3. The molecule has 21 heavy (non-hydrogen) atoms. The van der Waals surface area contributed by atoms with Crippen LogP contribution in [0.3, 0.4) is 0 Å². The van der Waals surface area contributed by atoms with Crippen LogP contribution in [0.5, 0.6) is 0 Å². The Labute approximate surface area is 132 Å². The van der Waals surface area contributed by atoms with Crippen LogP contribution in [0.1, 0.15) is 22.3 Å². The number of amides is 2. The van der Waals surface area contributed by atoms with Gasteiger partial charge in [0.15, 0.2) is 0 Å². The maximum atomic E-state index is 12.1. The number of ether oxygens (including phenoxy) is 1. The first-order valence-electron chi connectivity index (χ1n) is 6.98. The molecule has 0 aliphatic carbocycles. The van der Waals surface area contributed by atoms with Gasteiger partial charge in [0, 0.05) is 36.1 Å². The Bertz CT molecular complexity index is 528. The number of benzene rings is 1. The highest BCUT2D eigenvalue weighted by Gasteiger charge is 2.17. The molecular weight excluding hydrogens is 336 g/mol. The molecule has 0 radical (unpaired) electrons. The van der Waals surface area contributed by atoms with Gasteiger partial charge in [0.1, 0.15) is 0 Å². The molecule has 6 heteroatoms. The highest BCUT2D eigenvalue weighted by atomic mass is 79.9. The van der Waals surface area contributed by atoms with E-state index in [9.17, 15) is 9.59 Å². The quantitative estimate of drug-likeness (QED) is 0.895. The lowest BCUT2D eigenvalue weighted by Gasteiger charge is -2.26. The molecule has 0 aromatic heterocycles. The SMILES string of the molecule is Cc1c(Br)cccc1C(=O)NCCC(=O)N1CCOCC1. The largest absolute Gasteiger partial charge is 0.378 e. The van der Waals surface area contributed by atoms with Gasteiger partial charge in [0.25, 0.3) is 5.91 Å². The molecular formula is C15H19BrN2O3. The number of nitrogens with zero attached hydrogens (tertiary/aromatic N) is 1. The summed E-state index contributed by atoms with van der Waals surface area (Å²) >= 11 is 3.41. The van der Waals surface area contributed by atoms with E-state index < -0.39 is 0 Å². The van der Waals surface area contributed by atoms with E-state index in [4.69, 9.17) is 4.74 Å². The van der Waals surface area contributed by atoms with Crippen LogP contribution >= 0.6 is 15.9 Å². The minimum atomic E-state index is -0.149. The molecule has 1 fully saturated rings. The van der Waals surface area contributed by atoms with Crippen molar-refractivity contribution in [2.45, 2.75) is 13.3 Å². The average molecular weight is 355 g/mol. The third kappa shape index (κ3) is 4.28. The van der Waals surface area contributed by atoms with Gasteiger partial charge in [-0.1, -0.05) is 22.0 Å². The number of halogens is 1. The van der Waals surface area contributed by atoms with Crippen molar-refractivity contribution < 1.29 is 14.3 Å². The molecule has 1 heterocycles. The number of nitrogens with one attached hydrogen (secondary N) is 1. The summed E-state index contributed by atoms with van der Waals surface area (Å²) in [6.07, 6.45) is 0.318. The fourth-order valence-corrected chi connectivity index (χ4v) is 2.57. The van der Waals surface area contributed by atoms with Crippen LogP contribution in [0.25, 0.3) is 0 Å². The zero-order valence-corrected chi connectivity index (χ0v) is 13.6. The smallest absolute Gasteiger partial charge is 0.251 e. The molecule has 1 aromatic carbocycles. The molecule has 1 aromatic rings. The second kappa shape index (κ2) is 7.56. The summed E-state index contributed by atoms with van der Waals surface area (Å²) in [7, 11) is 0. The maximum Gasteiger partial charge on any atom is 0.251 e. The molecule has 1 N–H and O–H groups in total. The Morgan fingerprint density at radius 3 is 2.76 bits per heavy atom. The van der Waals surface area contributed by atoms with Gasteiger partial charge in [-0.05, 0) is 24.6 Å². The van der Waals surface area contributed by atoms with Crippen LogP contribution in [0.15, 0.2) is 22.7 Å². The first-order chi connectivity index (χ1) is 10.1. The second-order valence-corrected chi connectivity index (χ2v) is 5.77. The van der Waals surface area contributed by atoms with Crippen molar-refractivity contribution in [3.63, 3.8) is 0 Å². The molecule has 5 nitrogen and oxygen atoms in total. The summed E-state index contributed by atoms with van der Waals surface area (Å²) in [4.78, 5) is 25.8. The van der Waals surface area contributed by atoms with Gasteiger partial charge in [-0.15, -0.1) is 0 Å². The molecule has 2 rings (SSSR count). The van der Waals surface area contributed by atoms with Crippen LogP contribution in [-0.4, -0.2) is 49.6 Å². The van der Waals surface area contributed by atoms with E-state index in [1.807, 2.05) is 19.1 Å². The number of carbonyl (C=O) groups is 2. The van der Waals surface area contributed by atoms with Crippen molar-refractivity contribution >= 4 is 27.7 Å². The Kier molecular flexibility index (Phi) is 5.76. The van der Waals surface area contributed by atoms with E-state index in [1.165, 1.54) is 0 Å². The first kappa shape index (κ1) is 16.0. The summed E-state index contributed by atoms with van der Waals surface area (Å²) in [5.41, 5.74) is 1.53. The standard InChI is InChI=1S/C15H19BrN2O3/c1-11-12(3-2-4-13(11)16)15(20)17-6-5-14(19)18-7-9-21-10-8-18/h2-4H,5-10H2,1H3,(H,17,20). The number of carbonyl (C=O) groups excluding carboxylic acids is 2.